The lowest BCUT2D eigenvalue weighted by atomic mass is 10.2. The van der Waals surface area contributed by atoms with Gasteiger partial charge in [-0.15, -0.1) is 16.9 Å². The molecule has 0 bridgehead atoms. The SMILES string of the molecule is COc1ccc(Cl)cc1-c1nc(S/C(=C\c2ccc(SC)cc2)C(=O)O)n[nH]1. The summed E-state index contributed by atoms with van der Waals surface area (Å²) in [5, 5.41) is 17.3. The fourth-order valence-electron chi connectivity index (χ4n) is 2.36. The van der Waals surface area contributed by atoms with Gasteiger partial charge in [0.15, 0.2) is 5.82 Å². The molecular formula is C19H16ClN3O3S2. The van der Waals surface area contributed by atoms with Crippen molar-refractivity contribution in [2.75, 3.05) is 13.4 Å². The van der Waals surface area contributed by atoms with Gasteiger partial charge >= 0.3 is 5.97 Å². The first-order chi connectivity index (χ1) is 13.5. The number of nitrogens with zero attached hydrogens (tertiary/aromatic N) is 2. The zero-order valence-electron chi connectivity index (χ0n) is 15.0. The van der Waals surface area contributed by atoms with Gasteiger partial charge in [0.2, 0.25) is 5.16 Å². The quantitative estimate of drug-likeness (QED) is 0.397. The Balaban J connectivity index is 1.86. The van der Waals surface area contributed by atoms with Crippen molar-refractivity contribution in [1.82, 2.24) is 15.2 Å². The van der Waals surface area contributed by atoms with Crippen molar-refractivity contribution in [2.45, 2.75) is 10.1 Å². The van der Waals surface area contributed by atoms with Crippen LogP contribution in [0.15, 0.2) is 57.4 Å². The number of H-pyrrole nitrogens is 1. The van der Waals surface area contributed by atoms with Crippen molar-refractivity contribution in [3.8, 4) is 17.1 Å². The van der Waals surface area contributed by atoms with E-state index in [-0.39, 0.29) is 10.1 Å². The summed E-state index contributed by atoms with van der Waals surface area (Å²) in [6, 6.07) is 12.8. The fourth-order valence-corrected chi connectivity index (χ4v) is 3.65. The average molecular weight is 434 g/mol. The largest absolute Gasteiger partial charge is 0.496 e. The first-order valence-corrected chi connectivity index (χ1v) is 10.5. The highest BCUT2D eigenvalue weighted by atomic mass is 35.5. The summed E-state index contributed by atoms with van der Waals surface area (Å²) in [5.41, 5.74) is 1.43. The number of aromatic nitrogens is 3. The number of hydrogen-bond acceptors (Lipinski definition) is 6. The van der Waals surface area contributed by atoms with Crippen LogP contribution in [0.3, 0.4) is 0 Å². The second-order valence-electron chi connectivity index (χ2n) is 5.50. The molecule has 0 aliphatic heterocycles. The van der Waals surface area contributed by atoms with Gasteiger partial charge in [-0.3, -0.25) is 5.10 Å². The van der Waals surface area contributed by atoms with Crippen LogP contribution < -0.4 is 4.74 Å². The molecule has 2 aromatic carbocycles. The van der Waals surface area contributed by atoms with E-state index in [9.17, 15) is 9.90 Å². The summed E-state index contributed by atoms with van der Waals surface area (Å²) in [6.45, 7) is 0. The number of nitrogens with one attached hydrogen (secondary N) is 1. The molecule has 0 saturated heterocycles. The number of ether oxygens (including phenoxy) is 1. The van der Waals surface area contributed by atoms with Gasteiger partial charge in [-0.05, 0) is 60.0 Å². The number of methoxy groups -OCH3 is 1. The molecule has 0 amide bonds. The lowest BCUT2D eigenvalue weighted by Crippen LogP contribution is -1.97. The number of benzene rings is 2. The lowest BCUT2D eigenvalue weighted by molar-refractivity contribution is -0.131. The smallest absolute Gasteiger partial charge is 0.342 e. The molecule has 0 unspecified atom stereocenters. The van der Waals surface area contributed by atoms with Crippen LogP contribution in [-0.2, 0) is 4.79 Å². The number of carboxylic acid groups (broad SMARTS) is 1. The van der Waals surface area contributed by atoms with Crippen LogP contribution >= 0.6 is 35.1 Å². The van der Waals surface area contributed by atoms with E-state index in [1.807, 2.05) is 30.5 Å². The topological polar surface area (TPSA) is 88.1 Å². The Morgan fingerprint density at radius 2 is 2.00 bits per heavy atom. The Kier molecular flexibility index (Phi) is 6.66. The van der Waals surface area contributed by atoms with Crippen LogP contribution in [0.2, 0.25) is 5.02 Å². The molecule has 0 aliphatic carbocycles. The minimum Gasteiger partial charge on any atom is -0.496 e. The van der Waals surface area contributed by atoms with Crippen LogP contribution in [0.5, 0.6) is 5.75 Å². The van der Waals surface area contributed by atoms with Gasteiger partial charge in [0.05, 0.1) is 12.7 Å². The van der Waals surface area contributed by atoms with E-state index >= 15 is 0 Å². The molecule has 144 valence electrons. The van der Waals surface area contributed by atoms with Gasteiger partial charge in [0.1, 0.15) is 10.7 Å². The Bertz CT molecular complexity index is 1020. The minimum absolute atomic E-state index is 0.112. The third-order valence-electron chi connectivity index (χ3n) is 3.71. The number of thioether (sulfide) groups is 2. The molecule has 9 heteroatoms. The molecule has 2 N–H and O–H groups in total. The van der Waals surface area contributed by atoms with Crippen molar-refractivity contribution in [3.05, 3.63) is 58.0 Å². The number of hydrogen-bond donors (Lipinski definition) is 2. The molecule has 0 spiro atoms. The monoisotopic (exact) mass is 433 g/mol. The Morgan fingerprint density at radius 1 is 1.25 bits per heavy atom. The number of halogens is 1. The summed E-state index contributed by atoms with van der Waals surface area (Å²) in [4.78, 5) is 17.2. The van der Waals surface area contributed by atoms with E-state index in [1.54, 1.807) is 43.1 Å². The first-order valence-electron chi connectivity index (χ1n) is 8.03. The molecule has 0 saturated carbocycles. The third kappa shape index (κ3) is 4.89. The van der Waals surface area contributed by atoms with E-state index in [1.165, 1.54) is 0 Å². The number of carboxylic acids is 1. The molecule has 3 aromatic rings. The fraction of sp³-hybridized carbons (Fsp3) is 0.105. The molecule has 0 radical (unpaired) electrons. The van der Waals surface area contributed by atoms with Crippen LogP contribution in [0.4, 0.5) is 0 Å². The van der Waals surface area contributed by atoms with Crippen LogP contribution in [0.25, 0.3) is 17.5 Å². The predicted octanol–water partition coefficient (Wildman–Crippen LogP) is 5.07. The summed E-state index contributed by atoms with van der Waals surface area (Å²) in [6.07, 6.45) is 3.58. The third-order valence-corrected chi connectivity index (χ3v) is 5.56. The van der Waals surface area contributed by atoms with E-state index in [0.717, 1.165) is 22.2 Å². The zero-order chi connectivity index (χ0) is 20.1. The Morgan fingerprint density at radius 3 is 2.64 bits per heavy atom. The van der Waals surface area contributed by atoms with Crippen molar-refractivity contribution in [2.24, 2.45) is 0 Å². The number of aromatic amines is 1. The summed E-state index contributed by atoms with van der Waals surface area (Å²) in [5.74, 6) is -0.0264. The second-order valence-corrected chi connectivity index (χ2v) is 7.83. The van der Waals surface area contributed by atoms with E-state index in [4.69, 9.17) is 16.3 Å². The van der Waals surface area contributed by atoms with Crippen LogP contribution in [0.1, 0.15) is 5.56 Å². The standard InChI is InChI=1S/C19H16ClN3O3S2/c1-26-15-8-5-12(20)10-14(15)17-21-19(23-22-17)28-16(18(24)25)9-11-3-6-13(27-2)7-4-11/h3-10H,1-2H3,(H,24,25)(H,21,22,23)/b16-9-. The van der Waals surface area contributed by atoms with Gasteiger partial charge in [0.25, 0.3) is 0 Å². The van der Waals surface area contributed by atoms with Gasteiger partial charge < -0.3 is 9.84 Å². The molecule has 1 heterocycles. The molecule has 0 atom stereocenters. The number of rotatable bonds is 7. The van der Waals surface area contributed by atoms with Crippen molar-refractivity contribution < 1.29 is 14.6 Å². The first kappa shape index (κ1) is 20.3. The lowest BCUT2D eigenvalue weighted by Gasteiger charge is -2.05. The van der Waals surface area contributed by atoms with Gasteiger partial charge in [-0.1, -0.05) is 23.7 Å². The maximum atomic E-state index is 11.7. The summed E-state index contributed by atoms with van der Waals surface area (Å²) in [7, 11) is 1.55. The highest BCUT2D eigenvalue weighted by Crippen LogP contribution is 2.33. The van der Waals surface area contributed by atoms with Crippen LogP contribution in [-0.4, -0.2) is 39.6 Å². The van der Waals surface area contributed by atoms with E-state index in [0.29, 0.717) is 22.2 Å². The second kappa shape index (κ2) is 9.18. The zero-order valence-corrected chi connectivity index (χ0v) is 17.4. The van der Waals surface area contributed by atoms with Crippen molar-refractivity contribution in [1.29, 1.82) is 0 Å². The summed E-state index contributed by atoms with van der Waals surface area (Å²) < 4.78 is 5.32. The van der Waals surface area contributed by atoms with E-state index < -0.39 is 5.97 Å². The maximum absolute atomic E-state index is 11.7. The molecule has 0 fully saturated rings. The summed E-state index contributed by atoms with van der Waals surface area (Å²) >= 11 is 8.64. The molecular weight excluding hydrogens is 418 g/mol. The van der Waals surface area contributed by atoms with Crippen molar-refractivity contribution in [3.63, 3.8) is 0 Å². The number of carbonyl (C=O) groups is 1. The highest BCUT2D eigenvalue weighted by molar-refractivity contribution is 8.04. The molecule has 1 aromatic heterocycles. The predicted molar refractivity (Wildman–Crippen MR) is 113 cm³/mol. The number of aliphatic carboxylic acids is 1. The van der Waals surface area contributed by atoms with Gasteiger partial charge in [0, 0.05) is 9.92 Å². The normalized spacial score (nSPS) is 11.5. The Labute approximate surface area is 175 Å². The maximum Gasteiger partial charge on any atom is 0.342 e. The Hall–Kier alpha value is -2.42. The molecule has 6 nitrogen and oxygen atoms in total. The van der Waals surface area contributed by atoms with Gasteiger partial charge in [-0.25, -0.2) is 9.78 Å². The van der Waals surface area contributed by atoms with E-state index in [2.05, 4.69) is 15.2 Å². The van der Waals surface area contributed by atoms with Crippen LogP contribution in [0, 0.1) is 0 Å². The minimum atomic E-state index is -1.05. The van der Waals surface area contributed by atoms with Crippen molar-refractivity contribution >= 4 is 47.2 Å². The average Bonchev–Trinajstić information content (AvgIpc) is 3.16. The van der Waals surface area contributed by atoms with Gasteiger partial charge in [-0.2, -0.15) is 0 Å². The highest BCUT2D eigenvalue weighted by Gasteiger charge is 2.16. The molecule has 3 rings (SSSR count). The molecule has 0 aliphatic rings. The molecule has 28 heavy (non-hydrogen) atoms.